The molecule has 0 unspecified atom stereocenters. The van der Waals surface area contributed by atoms with Gasteiger partial charge in [0.2, 0.25) is 5.95 Å². The molecular weight excluding hydrogens is 514 g/mol. The number of nitrogens with zero attached hydrogens (tertiary/aromatic N) is 3. The summed E-state index contributed by atoms with van der Waals surface area (Å²) in [6.07, 6.45) is 4.63. The van der Waals surface area contributed by atoms with Crippen LogP contribution in [0.3, 0.4) is 0 Å². The fourth-order valence-corrected chi connectivity index (χ4v) is 6.60. The lowest BCUT2D eigenvalue weighted by Gasteiger charge is -2.37. The van der Waals surface area contributed by atoms with E-state index in [4.69, 9.17) is 9.97 Å². The third-order valence-corrected chi connectivity index (χ3v) is 8.81. The normalized spacial score (nSPS) is 17.2. The highest BCUT2D eigenvalue weighted by atomic mass is 15.2. The van der Waals surface area contributed by atoms with Gasteiger partial charge in [-0.15, -0.1) is 0 Å². The molecule has 0 amide bonds. The zero-order valence-electron chi connectivity index (χ0n) is 24.7. The summed E-state index contributed by atoms with van der Waals surface area (Å²) in [5.41, 5.74) is 4.66. The maximum Gasteiger partial charge on any atom is 0.225 e. The van der Waals surface area contributed by atoms with E-state index in [2.05, 4.69) is 119 Å². The van der Waals surface area contributed by atoms with Crippen molar-refractivity contribution < 1.29 is 0 Å². The highest BCUT2D eigenvalue weighted by molar-refractivity contribution is 5.90. The predicted octanol–water partition coefficient (Wildman–Crippen LogP) is 7.29. The predicted molar refractivity (Wildman–Crippen MR) is 175 cm³/mol. The number of para-hydroxylation sites is 1. The molecule has 0 saturated heterocycles. The first-order chi connectivity index (χ1) is 20.6. The molecular formula is C37H41N5. The molecule has 0 bridgehead atoms. The molecule has 5 aromatic rings. The fourth-order valence-electron chi connectivity index (χ4n) is 6.60. The molecule has 1 heterocycles. The minimum atomic E-state index is -0.264. The molecule has 0 radical (unpaired) electrons. The van der Waals surface area contributed by atoms with Crippen molar-refractivity contribution in [2.75, 3.05) is 37.4 Å². The maximum absolute atomic E-state index is 4.87. The Morgan fingerprint density at radius 3 is 1.74 bits per heavy atom. The first-order valence-corrected chi connectivity index (χ1v) is 15.2. The fraction of sp³-hybridized carbons (Fsp3) is 0.297. The van der Waals surface area contributed by atoms with Crippen LogP contribution >= 0.6 is 0 Å². The largest absolute Gasteiger partial charge is 0.362 e. The van der Waals surface area contributed by atoms with Crippen LogP contribution in [0.1, 0.15) is 42.4 Å². The second-order valence-electron chi connectivity index (χ2n) is 11.8. The second-order valence-corrected chi connectivity index (χ2v) is 11.8. The molecule has 5 heteroatoms. The number of hydrogen-bond acceptors (Lipinski definition) is 5. The summed E-state index contributed by atoms with van der Waals surface area (Å²) in [5.74, 6) is 2.34. The van der Waals surface area contributed by atoms with Crippen LogP contribution in [0.4, 0.5) is 11.8 Å². The minimum Gasteiger partial charge on any atom is -0.362 e. The molecule has 1 fully saturated rings. The van der Waals surface area contributed by atoms with Gasteiger partial charge in [-0.05, 0) is 67.0 Å². The van der Waals surface area contributed by atoms with Gasteiger partial charge in [-0.3, -0.25) is 0 Å². The lowest BCUT2D eigenvalue weighted by Crippen LogP contribution is -2.42. The molecule has 0 atom stereocenters. The van der Waals surface area contributed by atoms with Crippen LogP contribution in [-0.2, 0) is 5.41 Å². The molecule has 42 heavy (non-hydrogen) atoms. The molecule has 6 rings (SSSR count). The van der Waals surface area contributed by atoms with Crippen molar-refractivity contribution in [1.82, 2.24) is 15.3 Å². The molecule has 5 nitrogen and oxygen atoms in total. The molecule has 214 valence electrons. The monoisotopic (exact) mass is 555 g/mol. The number of fused-ring (bicyclic) bond motifs is 1. The minimum absolute atomic E-state index is 0.264. The highest BCUT2D eigenvalue weighted by Gasteiger charge is 2.36. The Kier molecular flexibility index (Phi) is 8.47. The molecule has 0 spiro atoms. The molecule has 4 aromatic carbocycles. The molecule has 2 N–H and O–H groups in total. The van der Waals surface area contributed by atoms with Crippen molar-refractivity contribution in [3.8, 4) is 0 Å². The van der Waals surface area contributed by atoms with Crippen molar-refractivity contribution in [2.24, 2.45) is 5.92 Å². The van der Waals surface area contributed by atoms with Gasteiger partial charge in [-0.25, -0.2) is 4.98 Å². The summed E-state index contributed by atoms with van der Waals surface area (Å²) < 4.78 is 0. The van der Waals surface area contributed by atoms with E-state index in [1.807, 2.05) is 26.2 Å². The van der Waals surface area contributed by atoms with E-state index in [1.54, 1.807) is 0 Å². The molecule has 0 aliphatic heterocycles. The quantitative estimate of drug-likeness (QED) is 0.177. The van der Waals surface area contributed by atoms with Gasteiger partial charge in [0.1, 0.15) is 5.82 Å². The summed E-state index contributed by atoms with van der Waals surface area (Å²) in [4.78, 5) is 11.8. The van der Waals surface area contributed by atoms with Gasteiger partial charge < -0.3 is 15.5 Å². The Balaban J connectivity index is 1.14. The van der Waals surface area contributed by atoms with Gasteiger partial charge in [0.05, 0.1) is 10.9 Å². The van der Waals surface area contributed by atoms with Gasteiger partial charge in [0, 0.05) is 32.1 Å². The smallest absolute Gasteiger partial charge is 0.225 e. The van der Waals surface area contributed by atoms with E-state index in [1.165, 1.54) is 29.5 Å². The zero-order chi connectivity index (χ0) is 28.8. The van der Waals surface area contributed by atoms with Gasteiger partial charge in [-0.2, -0.15) is 4.98 Å². The summed E-state index contributed by atoms with van der Waals surface area (Å²) in [5, 5.41) is 8.69. The van der Waals surface area contributed by atoms with Crippen LogP contribution < -0.4 is 15.5 Å². The van der Waals surface area contributed by atoms with E-state index in [0.717, 1.165) is 48.6 Å². The number of hydrogen-bond donors (Lipinski definition) is 2. The Morgan fingerprint density at radius 1 is 0.667 bits per heavy atom. The molecule has 1 saturated carbocycles. The Bertz CT molecular complexity index is 1470. The standard InChI is InChI=1S/C37H41N5/c1-42(2)35-33-20-12-13-21-34(33)40-36(41-35)39-32-24-22-28(23-25-32)26-38-27-37(29-14-6-3-7-15-29,30-16-8-4-9-17-30)31-18-10-5-11-19-31/h3-21,28,32,38H,22-27H2,1-2H3,(H,39,40,41)/t28-,32+. The van der Waals surface area contributed by atoms with E-state index < -0.39 is 0 Å². The van der Waals surface area contributed by atoms with Crippen LogP contribution in [0.5, 0.6) is 0 Å². The number of rotatable bonds is 10. The second kappa shape index (κ2) is 12.7. The van der Waals surface area contributed by atoms with Crippen molar-refractivity contribution >= 4 is 22.7 Å². The number of nitrogens with one attached hydrogen (secondary N) is 2. The van der Waals surface area contributed by atoms with Crippen LogP contribution in [0.25, 0.3) is 10.9 Å². The zero-order valence-corrected chi connectivity index (χ0v) is 24.7. The first kappa shape index (κ1) is 27.9. The number of aromatic nitrogens is 2. The summed E-state index contributed by atoms with van der Waals surface area (Å²) >= 11 is 0. The summed E-state index contributed by atoms with van der Waals surface area (Å²) in [6.45, 7) is 1.86. The number of anilines is 2. The van der Waals surface area contributed by atoms with E-state index in [-0.39, 0.29) is 5.41 Å². The summed E-state index contributed by atoms with van der Waals surface area (Å²) in [7, 11) is 4.08. The SMILES string of the molecule is CN(C)c1nc(N[C@H]2CC[C@@H](CNCC(c3ccccc3)(c3ccccc3)c3ccccc3)CC2)nc2ccccc12. The van der Waals surface area contributed by atoms with Gasteiger partial charge >= 0.3 is 0 Å². The Morgan fingerprint density at radius 2 is 1.19 bits per heavy atom. The van der Waals surface area contributed by atoms with Crippen molar-refractivity contribution in [3.05, 3.63) is 132 Å². The Labute approximate surface area is 250 Å². The van der Waals surface area contributed by atoms with E-state index >= 15 is 0 Å². The number of benzene rings is 4. The average Bonchev–Trinajstić information content (AvgIpc) is 3.05. The molecule has 1 aliphatic rings. The van der Waals surface area contributed by atoms with Crippen LogP contribution in [-0.4, -0.2) is 43.2 Å². The first-order valence-electron chi connectivity index (χ1n) is 15.2. The van der Waals surface area contributed by atoms with Crippen molar-refractivity contribution in [3.63, 3.8) is 0 Å². The van der Waals surface area contributed by atoms with E-state index in [0.29, 0.717) is 12.0 Å². The topological polar surface area (TPSA) is 53.1 Å². The van der Waals surface area contributed by atoms with Gasteiger partial charge in [-0.1, -0.05) is 103 Å². The van der Waals surface area contributed by atoms with Crippen LogP contribution in [0.15, 0.2) is 115 Å². The van der Waals surface area contributed by atoms with Crippen molar-refractivity contribution in [1.29, 1.82) is 0 Å². The Hall–Kier alpha value is -4.22. The van der Waals surface area contributed by atoms with Gasteiger partial charge in [0.25, 0.3) is 0 Å². The lowest BCUT2D eigenvalue weighted by molar-refractivity contribution is 0.319. The van der Waals surface area contributed by atoms with Gasteiger partial charge in [0.15, 0.2) is 0 Å². The lowest BCUT2D eigenvalue weighted by atomic mass is 9.69. The molecule has 1 aliphatic carbocycles. The van der Waals surface area contributed by atoms with Crippen molar-refractivity contribution in [2.45, 2.75) is 37.1 Å². The summed E-state index contributed by atoms with van der Waals surface area (Å²) in [6, 6.07) is 41.5. The average molecular weight is 556 g/mol. The molecule has 1 aromatic heterocycles. The van der Waals surface area contributed by atoms with Crippen LogP contribution in [0.2, 0.25) is 0 Å². The van der Waals surface area contributed by atoms with E-state index in [9.17, 15) is 0 Å². The maximum atomic E-state index is 4.87. The third kappa shape index (κ3) is 5.88. The van der Waals surface area contributed by atoms with Crippen LogP contribution in [0, 0.1) is 5.92 Å². The third-order valence-electron chi connectivity index (χ3n) is 8.81. The highest BCUT2D eigenvalue weighted by Crippen LogP contribution is 2.39.